The van der Waals surface area contributed by atoms with E-state index in [1.54, 1.807) is 31.2 Å². The van der Waals surface area contributed by atoms with Crippen molar-refractivity contribution >= 4 is 5.97 Å². The van der Waals surface area contributed by atoms with Crippen molar-refractivity contribution in [2.24, 2.45) is 0 Å². The average molecular weight is 234 g/mol. The zero-order chi connectivity index (χ0) is 12.3. The van der Waals surface area contributed by atoms with Gasteiger partial charge in [-0.25, -0.2) is 9.18 Å². The minimum atomic E-state index is -0.422. The lowest BCUT2D eigenvalue weighted by atomic mass is 10.1. The molecule has 1 aromatic heterocycles. The second kappa shape index (κ2) is 4.78. The summed E-state index contributed by atoms with van der Waals surface area (Å²) in [5, 5.41) is 6.15. The van der Waals surface area contributed by atoms with Crippen molar-refractivity contribution in [3.63, 3.8) is 0 Å². The van der Waals surface area contributed by atoms with Crippen molar-refractivity contribution in [3.8, 4) is 11.3 Å². The SMILES string of the molecule is CCOC(=O)c1ccc(-c2[nH]ncc2F)cc1. The third-order valence-corrected chi connectivity index (χ3v) is 2.28. The molecule has 1 N–H and O–H groups in total. The first kappa shape index (κ1) is 11.3. The number of aromatic amines is 1. The van der Waals surface area contributed by atoms with Gasteiger partial charge in [0.1, 0.15) is 5.69 Å². The standard InChI is InChI=1S/C12H11FN2O2/c1-2-17-12(16)9-5-3-8(4-6-9)11-10(13)7-14-15-11/h3-7H,2H2,1H3,(H,14,15). The number of esters is 1. The molecule has 0 saturated heterocycles. The second-order valence-corrected chi connectivity index (χ2v) is 3.39. The maximum atomic E-state index is 13.2. The number of hydrogen-bond acceptors (Lipinski definition) is 3. The largest absolute Gasteiger partial charge is 0.462 e. The average Bonchev–Trinajstić information content (AvgIpc) is 2.76. The van der Waals surface area contributed by atoms with E-state index in [-0.39, 0.29) is 5.97 Å². The number of nitrogens with zero attached hydrogens (tertiary/aromatic N) is 1. The lowest BCUT2D eigenvalue weighted by Gasteiger charge is -2.02. The summed E-state index contributed by atoms with van der Waals surface area (Å²) >= 11 is 0. The second-order valence-electron chi connectivity index (χ2n) is 3.39. The van der Waals surface area contributed by atoms with Crippen LogP contribution in [0.5, 0.6) is 0 Å². The minimum Gasteiger partial charge on any atom is -0.462 e. The fourth-order valence-electron chi connectivity index (χ4n) is 1.46. The maximum Gasteiger partial charge on any atom is 0.338 e. The molecule has 1 heterocycles. The number of nitrogens with one attached hydrogen (secondary N) is 1. The lowest BCUT2D eigenvalue weighted by molar-refractivity contribution is 0.0526. The van der Waals surface area contributed by atoms with Crippen LogP contribution >= 0.6 is 0 Å². The number of hydrogen-bond donors (Lipinski definition) is 1. The number of benzene rings is 1. The summed E-state index contributed by atoms with van der Waals surface area (Å²) in [5.41, 5.74) is 1.38. The van der Waals surface area contributed by atoms with Gasteiger partial charge in [-0.05, 0) is 19.1 Å². The van der Waals surface area contributed by atoms with E-state index in [1.165, 1.54) is 0 Å². The molecule has 0 aliphatic heterocycles. The summed E-state index contributed by atoms with van der Waals surface area (Å²) in [6.07, 6.45) is 1.11. The van der Waals surface area contributed by atoms with Crippen LogP contribution in [0.2, 0.25) is 0 Å². The molecule has 0 atom stereocenters. The van der Waals surface area contributed by atoms with Crippen LogP contribution in [0.4, 0.5) is 4.39 Å². The summed E-state index contributed by atoms with van der Waals surface area (Å²) in [5.74, 6) is -0.807. The fourth-order valence-corrected chi connectivity index (χ4v) is 1.46. The van der Waals surface area contributed by atoms with E-state index in [4.69, 9.17) is 4.74 Å². The van der Waals surface area contributed by atoms with Crippen LogP contribution in [0.3, 0.4) is 0 Å². The number of carbonyl (C=O) groups excluding carboxylic acids is 1. The molecular formula is C12H11FN2O2. The first-order valence-corrected chi connectivity index (χ1v) is 5.18. The van der Waals surface area contributed by atoms with Crippen molar-refractivity contribution in [1.82, 2.24) is 10.2 Å². The monoisotopic (exact) mass is 234 g/mol. The van der Waals surface area contributed by atoms with Gasteiger partial charge in [0.15, 0.2) is 5.82 Å². The normalized spacial score (nSPS) is 10.2. The molecule has 4 nitrogen and oxygen atoms in total. The highest BCUT2D eigenvalue weighted by Gasteiger charge is 2.09. The third-order valence-electron chi connectivity index (χ3n) is 2.28. The molecule has 2 rings (SSSR count). The van der Waals surface area contributed by atoms with Gasteiger partial charge in [-0.3, -0.25) is 5.10 Å². The summed E-state index contributed by atoms with van der Waals surface area (Å²) in [4.78, 5) is 11.4. The maximum absolute atomic E-state index is 13.2. The molecule has 0 aliphatic rings. The molecule has 88 valence electrons. The number of H-pyrrole nitrogens is 1. The Morgan fingerprint density at radius 1 is 1.41 bits per heavy atom. The van der Waals surface area contributed by atoms with Crippen LogP contribution < -0.4 is 0 Å². The Bertz CT molecular complexity index is 520. The molecule has 0 amide bonds. The van der Waals surface area contributed by atoms with E-state index < -0.39 is 5.82 Å². The molecule has 0 unspecified atom stereocenters. The topological polar surface area (TPSA) is 55.0 Å². The minimum absolute atomic E-state index is 0.306. The molecule has 0 bridgehead atoms. The molecule has 0 aliphatic carbocycles. The van der Waals surface area contributed by atoms with Gasteiger partial charge in [0.05, 0.1) is 18.4 Å². The van der Waals surface area contributed by atoms with Crippen LogP contribution in [0, 0.1) is 5.82 Å². The third kappa shape index (κ3) is 2.33. The number of ether oxygens (including phenoxy) is 1. The van der Waals surface area contributed by atoms with Crippen molar-refractivity contribution in [2.75, 3.05) is 6.61 Å². The molecule has 1 aromatic carbocycles. The van der Waals surface area contributed by atoms with Crippen LogP contribution in [-0.2, 0) is 4.74 Å². The molecule has 2 aromatic rings. The summed E-state index contributed by atoms with van der Waals surface area (Å²) < 4.78 is 18.1. The van der Waals surface area contributed by atoms with Crippen molar-refractivity contribution in [3.05, 3.63) is 41.8 Å². The van der Waals surface area contributed by atoms with Crippen LogP contribution in [0.25, 0.3) is 11.3 Å². The molecule has 0 fully saturated rings. The van der Waals surface area contributed by atoms with E-state index in [2.05, 4.69) is 10.2 Å². The Morgan fingerprint density at radius 3 is 2.65 bits per heavy atom. The van der Waals surface area contributed by atoms with E-state index in [9.17, 15) is 9.18 Å². The van der Waals surface area contributed by atoms with Crippen LogP contribution in [0.1, 0.15) is 17.3 Å². The first-order valence-electron chi connectivity index (χ1n) is 5.18. The van der Waals surface area contributed by atoms with Gasteiger partial charge in [0.2, 0.25) is 0 Å². The Balaban J connectivity index is 2.25. The highest BCUT2D eigenvalue weighted by Crippen LogP contribution is 2.20. The highest BCUT2D eigenvalue weighted by molar-refractivity contribution is 5.89. The molecule has 5 heteroatoms. The van der Waals surface area contributed by atoms with E-state index in [1.807, 2.05) is 0 Å². The predicted octanol–water partition coefficient (Wildman–Crippen LogP) is 2.39. The Hall–Kier alpha value is -2.17. The molecule has 0 saturated carbocycles. The first-order chi connectivity index (χ1) is 8.22. The van der Waals surface area contributed by atoms with Gasteiger partial charge in [-0.1, -0.05) is 12.1 Å². The quantitative estimate of drug-likeness (QED) is 0.829. The molecule has 0 spiro atoms. The van der Waals surface area contributed by atoms with Crippen molar-refractivity contribution in [2.45, 2.75) is 6.92 Å². The smallest absolute Gasteiger partial charge is 0.338 e. The van der Waals surface area contributed by atoms with E-state index in [0.29, 0.717) is 23.4 Å². The zero-order valence-corrected chi connectivity index (χ0v) is 9.24. The van der Waals surface area contributed by atoms with Crippen LogP contribution in [-0.4, -0.2) is 22.8 Å². The van der Waals surface area contributed by atoms with Crippen molar-refractivity contribution < 1.29 is 13.9 Å². The summed E-state index contributed by atoms with van der Waals surface area (Å²) in [6.45, 7) is 2.07. The van der Waals surface area contributed by atoms with Gasteiger partial charge >= 0.3 is 5.97 Å². The van der Waals surface area contributed by atoms with E-state index >= 15 is 0 Å². The Labute approximate surface area is 97.4 Å². The Morgan fingerprint density at radius 2 is 2.12 bits per heavy atom. The number of aromatic nitrogens is 2. The van der Waals surface area contributed by atoms with Crippen molar-refractivity contribution in [1.29, 1.82) is 0 Å². The highest BCUT2D eigenvalue weighted by atomic mass is 19.1. The predicted molar refractivity (Wildman–Crippen MR) is 59.9 cm³/mol. The van der Waals surface area contributed by atoms with Gasteiger partial charge < -0.3 is 4.74 Å². The van der Waals surface area contributed by atoms with E-state index in [0.717, 1.165) is 6.20 Å². The van der Waals surface area contributed by atoms with Crippen LogP contribution in [0.15, 0.2) is 30.5 Å². The summed E-state index contributed by atoms with van der Waals surface area (Å²) in [7, 11) is 0. The molecular weight excluding hydrogens is 223 g/mol. The fraction of sp³-hybridized carbons (Fsp3) is 0.167. The van der Waals surface area contributed by atoms with Gasteiger partial charge in [0.25, 0.3) is 0 Å². The zero-order valence-electron chi connectivity index (χ0n) is 9.24. The Kier molecular flexibility index (Phi) is 3.18. The molecule has 17 heavy (non-hydrogen) atoms. The molecule has 0 radical (unpaired) electrons. The van der Waals surface area contributed by atoms with Gasteiger partial charge in [-0.2, -0.15) is 5.10 Å². The number of rotatable bonds is 3. The lowest BCUT2D eigenvalue weighted by Crippen LogP contribution is -2.04. The van der Waals surface area contributed by atoms with Gasteiger partial charge in [-0.15, -0.1) is 0 Å². The number of halogens is 1. The number of carbonyl (C=O) groups is 1. The summed E-state index contributed by atoms with van der Waals surface area (Å²) in [6, 6.07) is 6.47. The van der Waals surface area contributed by atoms with Gasteiger partial charge in [0, 0.05) is 5.56 Å².